The van der Waals surface area contributed by atoms with Gasteiger partial charge in [0.05, 0.1) is 11.8 Å². The Morgan fingerprint density at radius 2 is 2.33 bits per heavy atom. The summed E-state index contributed by atoms with van der Waals surface area (Å²) in [4.78, 5) is 14.5. The summed E-state index contributed by atoms with van der Waals surface area (Å²) < 4.78 is 10.9. The molecule has 116 valence electrons. The Kier molecular flexibility index (Phi) is 4.02. The highest BCUT2D eigenvalue weighted by molar-refractivity contribution is 5.91. The second-order valence-corrected chi connectivity index (χ2v) is 6.35. The van der Waals surface area contributed by atoms with Crippen molar-refractivity contribution in [3.05, 3.63) is 17.5 Å². The number of amides is 1. The summed E-state index contributed by atoms with van der Waals surface area (Å²) in [5.41, 5.74) is 0.983. The highest BCUT2D eigenvalue weighted by atomic mass is 16.5. The van der Waals surface area contributed by atoms with Gasteiger partial charge in [-0.25, -0.2) is 0 Å². The molecule has 1 aromatic rings. The van der Waals surface area contributed by atoms with E-state index < -0.39 is 0 Å². The maximum Gasteiger partial charge on any atom is 0.292 e. The number of aromatic nitrogens is 1. The fourth-order valence-corrected chi connectivity index (χ4v) is 4.01. The van der Waals surface area contributed by atoms with E-state index in [1.807, 2.05) is 11.8 Å². The van der Waals surface area contributed by atoms with Crippen LogP contribution in [0.1, 0.15) is 55.3 Å². The minimum atomic E-state index is -0.0250. The van der Waals surface area contributed by atoms with Gasteiger partial charge in [-0.05, 0) is 32.1 Å². The first-order chi connectivity index (χ1) is 10.2. The molecular weight excluding hydrogens is 268 g/mol. The first-order valence-corrected chi connectivity index (χ1v) is 7.96. The zero-order chi connectivity index (χ0) is 14.9. The van der Waals surface area contributed by atoms with Gasteiger partial charge in [-0.1, -0.05) is 18.5 Å². The number of carbonyl (C=O) groups excluding carboxylic acids is 1. The molecule has 1 amide bonds. The topological polar surface area (TPSA) is 55.6 Å². The summed E-state index contributed by atoms with van der Waals surface area (Å²) in [6, 6.07) is 1.77. The van der Waals surface area contributed by atoms with Crippen LogP contribution in [0.15, 0.2) is 10.6 Å². The van der Waals surface area contributed by atoms with Crippen molar-refractivity contribution in [2.45, 2.75) is 51.6 Å². The normalized spacial score (nSPS) is 29.2. The Bertz CT molecular complexity index is 513. The average molecular weight is 292 g/mol. The molecule has 1 spiro atoms. The molecule has 1 aromatic heterocycles. The number of piperidine rings is 1. The molecule has 1 aliphatic carbocycles. The quantitative estimate of drug-likeness (QED) is 0.859. The molecule has 0 radical (unpaired) electrons. The van der Waals surface area contributed by atoms with E-state index in [0.29, 0.717) is 5.76 Å². The van der Waals surface area contributed by atoms with Crippen molar-refractivity contribution < 1.29 is 14.1 Å². The molecule has 5 nitrogen and oxygen atoms in total. The Morgan fingerprint density at radius 3 is 3.05 bits per heavy atom. The van der Waals surface area contributed by atoms with Crippen LogP contribution in [0, 0.1) is 5.41 Å². The van der Waals surface area contributed by atoms with Crippen molar-refractivity contribution >= 4 is 5.91 Å². The van der Waals surface area contributed by atoms with Gasteiger partial charge < -0.3 is 14.2 Å². The maximum absolute atomic E-state index is 12.6. The molecule has 1 saturated heterocycles. The van der Waals surface area contributed by atoms with Crippen LogP contribution in [0.2, 0.25) is 0 Å². The average Bonchev–Trinajstić information content (AvgIpc) is 3.13. The number of rotatable bonds is 3. The molecule has 0 aromatic carbocycles. The largest absolute Gasteiger partial charge is 0.381 e. The highest BCUT2D eigenvalue weighted by Crippen LogP contribution is 2.46. The molecular formula is C16H24N2O3. The predicted molar refractivity (Wildman–Crippen MR) is 78.1 cm³/mol. The van der Waals surface area contributed by atoms with Gasteiger partial charge in [-0.2, -0.15) is 0 Å². The summed E-state index contributed by atoms with van der Waals surface area (Å²) in [6.45, 7) is 3.59. The van der Waals surface area contributed by atoms with Crippen molar-refractivity contribution in [3.8, 4) is 0 Å². The number of likely N-dealkylation sites (tertiary alicyclic amines) is 1. The number of aryl methyl sites for hydroxylation is 1. The molecule has 0 unspecified atom stereocenters. The van der Waals surface area contributed by atoms with Gasteiger partial charge in [-0.3, -0.25) is 4.79 Å². The summed E-state index contributed by atoms with van der Waals surface area (Å²) in [5.74, 6) is 0.346. The lowest BCUT2D eigenvalue weighted by atomic mass is 9.76. The monoisotopic (exact) mass is 292 g/mol. The van der Waals surface area contributed by atoms with E-state index in [1.54, 1.807) is 13.2 Å². The standard InChI is InChI=1S/C16H24N2O3/c1-3-12-10-13(21-17-12)15(19)18-9-5-8-16(11-18)7-4-6-14(16)20-2/h10,14H,3-9,11H2,1-2H3/t14-,16+/m1/s1. The molecule has 3 rings (SSSR count). The number of nitrogens with zero attached hydrogens (tertiary/aromatic N) is 2. The van der Waals surface area contributed by atoms with Gasteiger partial charge in [0.2, 0.25) is 5.76 Å². The Hall–Kier alpha value is -1.36. The Morgan fingerprint density at radius 1 is 1.52 bits per heavy atom. The van der Waals surface area contributed by atoms with E-state index >= 15 is 0 Å². The Labute approximate surface area is 125 Å². The van der Waals surface area contributed by atoms with E-state index in [0.717, 1.165) is 50.9 Å². The van der Waals surface area contributed by atoms with Crippen LogP contribution in [0.3, 0.4) is 0 Å². The van der Waals surface area contributed by atoms with Crippen molar-refractivity contribution in [2.24, 2.45) is 5.41 Å². The molecule has 2 heterocycles. The van der Waals surface area contributed by atoms with Gasteiger partial charge in [0, 0.05) is 31.7 Å². The number of methoxy groups -OCH3 is 1. The zero-order valence-corrected chi connectivity index (χ0v) is 12.9. The first-order valence-electron chi connectivity index (χ1n) is 7.96. The third-order valence-corrected chi connectivity index (χ3v) is 5.14. The fourth-order valence-electron chi connectivity index (χ4n) is 4.01. The van der Waals surface area contributed by atoms with Gasteiger partial charge in [0.25, 0.3) is 5.91 Å². The third kappa shape index (κ3) is 2.59. The van der Waals surface area contributed by atoms with E-state index in [2.05, 4.69) is 5.16 Å². The highest BCUT2D eigenvalue weighted by Gasteiger charge is 2.47. The van der Waals surface area contributed by atoms with E-state index in [4.69, 9.17) is 9.26 Å². The number of hydrogen-bond donors (Lipinski definition) is 0. The third-order valence-electron chi connectivity index (χ3n) is 5.14. The summed E-state index contributed by atoms with van der Waals surface area (Å²) in [6.07, 6.45) is 6.74. The molecule has 5 heteroatoms. The Balaban J connectivity index is 1.75. The molecule has 21 heavy (non-hydrogen) atoms. The number of carbonyl (C=O) groups is 1. The maximum atomic E-state index is 12.6. The summed E-state index contributed by atoms with van der Waals surface area (Å²) >= 11 is 0. The van der Waals surface area contributed by atoms with Crippen LogP contribution >= 0.6 is 0 Å². The van der Waals surface area contributed by atoms with E-state index in [-0.39, 0.29) is 17.4 Å². The van der Waals surface area contributed by atoms with Crippen molar-refractivity contribution in [2.75, 3.05) is 20.2 Å². The SMILES string of the molecule is CCc1cc(C(=O)N2CCC[C@@]3(CCC[C@H]3OC)C2)on1. The summed E-state index contributed by atoms with van der Waals surface area (Å²) in [5, 5.41) is 3.92. The second-order valence-electron chi connectivity index (χ2n) is 6.35. The van der Waals surface area contributed by atoms with Gasteiger partial charge in [0.15, 0.2) is 0 Å². The number of hydrogen-bond acceptors (Lipinski definition) is 4. The van der Waals surface area contributed by atoms with Gasteiger partial charge >= 0.3 is 0 Å². The lowest BCUT2D eigenvalue weighted by Crippen LogP contribution is -2.49. The van der Waals surface area contributed by atoms with Gasteiger partial charge in [0.1, 0.15) is 0 Å². The van der Waals surface area contributed by atoms with Crippen LogP contribution in [0.25, 0.3) is 0 Å². The molecule has 1 saturated carbocycles. The molecule has 2 atom stereocenters. The summed E-state index contributed by atoms with van der Waals surface area (Å²) in [7, 11) is 1.79. The van der Waals surface area contributed by atoms with E-state index in [9.17, 15) is 4.79 Å². The fraction of sp³-hybridized carbons (Fsp3) is 0.750. The van der Waals surface area contributed by atoms with Crippen LogP contribution in [-0.2, 0) is 11.2 Å². The lowest BCUT2D eigenvalue weighted by molar-refractivity contribution is -0.0302. The lowest BCUT2D eigenvalue weighted by Gasteiger charge is -2.43. The predicted octanol–water partition coefficient (Wildman–Crippen LogP) is 2.66. The van der Waals surface area contributed by atoms with Crippen molar-refractivity contribution in [3.63, 3.8) is 0 Å². The van der Waals surface area contributed by atoms with Crippen LogP contribution in [0.4, 0.5) is 0 Å². The minimum Gasteiger partial charge on any atom is -0.381 e. The molecule has 0 N–H and O–H groups in total. The van der Waals surface area contributed by atoms with Crippen molar-refractivity contribution in [1.82, 2.24) is 10.1 Å². The van der Waals surface area contributed by atoms with Crippen LogP contribution in [0.5, 0.6) is 0 Å². The van der Waals surface area contributed by atoms with Crippen LogP contribution < -0.4 is 0 Å². The first kappa shape index (κ1) is 14.6. The zero-order valence-electron chi connectivity index (χ0n) is 12.9. The smallest absolute Gasteiger partial charge is 0.292 e. The van der Waals surface area contributed by atoms with E-state index in [1.165, 1.54) is 6.42 Å². The molecule has 2 aliphatic rings. The van der Waals surface area contributed by atoms with Crippen molar-refractivity contribution in [1.29, 1.82) is 0 Å². The molecule has 2 fully saturated rings. The number of ether oxygens (including phenoxy) is 1. The molecule has 1 aliphatic heterocycles. The molecule has 0 bridgehead atoms. The van der Waals surface area contributed by atoms with Crippen LogP contribution in [-0.4, -0.2) is 42.3 Å². The van der Waals surface area contributed by atoms with Gasteiger partial charge in [-0.15, -0.1) is 0 Å². The second kappa shape index (κ2) is 5.79. The minimum absolute atomic E-state index is 0.0250.